The molecule has 0 aromatic rings. The van der Waals surface area contributed by atoms with Gasteiger partial charge in [-0.15, -0.1) is 0 Å². The highest BCUT2D eigenvalue weighted by molar-refractivity contribution is 5.75. The number of nitrogens with zero attached hydrogens (tertiary/aromatic N) is 1. The molecule has 3 atom stereocenters. The van der Waals surface area contributed by atoms with Gasteiger partial charge in [-0.05, 0) is 54.0 Å². The van der Waals surface area contributed by atoms with Crippen molar-refractivity contribution in [1.82, 2.24) is 4.90 Å². The monoisotopic (exact) mass is 316 g/mol. The fourth-order valence-corrected chi connectivity index (χ4v) is 2.05. The van der Waals surface area contributed by atoms with E-state index in [0.717, 1.165) is 12.8 Å². The topological polar surface area (TPSA) is 96.0 Å². The number of hydrogen-bond donors (Lipinski definition) is 3. The molecule has 0 aromatic heterocycles. The number of esters is 1. The second-order valence-electron chi connectivity index (χ2n) is 6.70. The number of nitrogens with two attached hydrogens (primary N) is 1. The largest absolute Gasteiger partial charge is 0.459 e. The van der Waals surface area contributed by atoms with E-state index >= 15 is 0 Å². The fourth-order valence-electron chi connectivity index (χ4n) is 2.05. The van der Waals surface area contributed by atoms with Crippen LogP contribution in [0.15, 0.2) is 0 Å². The minimum atomic E-state index is -0.706. The summed E-state index contributed by atoms with van der Waals surface area (Å²) in [5, 5.41) is 18.7. The molecule has 0 saturated carbocycles. The van der Waals surface area contributed by atoms with Crippen LogP contribution in [-0.4, -0.2) is 64.6 Å². The van der Waals surface area contributed by atoms with Crippen molar-refractivity contribution in [2.24, 2.45) is 5.73 Å². The van der Waals surface area contributed by atoms with Crippen molar-refractivity contribution in [2.75, 3.05) is 19.6 Å². The zero-order valence-corrected chi connectivity index (χ0v) is 14.1. The molecule has 22 heavy (non-hydrogen) atoms. The van der Waals surface area contributed by atoms with Crippen LogP contribution in [-0.2, 0) is 9.53 Å². The highest BCUT2D eigenvalue weighted by Gasteiger charge is 2.21. The lowest BCUT2D eigenvalue weighted by Gasteiger charge is -2.25. The average molecular weight is 316 g/mol. The van der Waals surface area contributed by atoms with Crippen LogP contribution < -0.4 is 5.73 Å². The Morgan fingerprint density at radius 2 is 1.68 bits per heavy atom. The van der Waals surface area contributed by atoms with Gasteiger partial charge in [-0.1, -0.05) is 6.42 Å². The van der Waals surface area contributed by atoms with Crippen molar-refractivity contribution < 1.29 is 19.7 Å². The number of hydrogen-bond acceptors (Lipinski definition) is 6. The highest BCUT2D eigenvalue weighted by Crippen LogP contribution is 2.10. The SMILES string of the molecule is [CH2]C(O)CN(CCCCC(N)C(=O)OC(C)(C)C)CC([CH2])O. The van der Waals surface area contributed by atoms with E-state index in [1.807, 2.05) is 25.7 Å². The van der Waals surface area contributed by atoms with Crippen LogP contribution in [0, 0.1) is 13.8 Å². The van der Waals surface area contributed by atoms with E-state index < -0.39 is 23.9 Å². The zero-order valence-electron chi connectivity index (χ0n) is 14.1. The first-order valence-electron chi connectivity index (χ1n) is 7.74. The van der Waals surface area contributed by atoms with E-state index in [1.165, 1.54) is 0 Å². The number of aliphatic hydroxyl groups excluding tert-OH is 2. The lowest BCUT2D eigenvalue weighted by molar-refractivity contribution is -0.156. The summed E-state index contributed by atoms with van der Waals surface area (Å²) in [6.07, 6.45) is 0.696. The molecule has 3 unspecified atom stereocenters. The molecule has 2 radical (unpaired) electrons. The maximum atomic E-state index is 11.7. The number of carbonyl (C=O) groups is 1. The van der Waals surface area contributed by atoms with Gasteiger partial charge in [0.05, 0.1) is 12.2 Å². The third-order valence-corrected chi connectivity index (χ3v) is 2.89. The number of unbranched alkanes of at least 4 members (excludes halogenated alkanes) is 1. The molecule has 0 bridgehead atoms. The molecule has 0 heterocycles. The van der Waals surface area contributed by atoms with Gasteiger partial charge in [0.1, 0.15) is 11.6 Å². The van der Waals surface area contributed by atoms with Crippen molar-refractivity contribution in [2.45, 2.75) is 63.9 Å². The normalized spacial score (nSPS) is 16.4. The summed E-state index contributed by atoms with van der Waals surface area (Å²) in [6, 6.07) is -0.621. The van der Waals surface area contributed by atoms with Gasteiger partial charge in [-0.2, -0.15) is 0 Å². The van der Waals surface area contributed by atoms with Gasteiger partial charge in [0.25, 0.3) is 0 Å². The molecule has 0 fully saturated rings. The molecule has 0 saturated heterocycles. The third kappa shape index (κ3) is 11.9. The van der Waals surface area contributed by atoms with Crippen LogP contribution in [0.5, 0.6) is 0 Å². The van der Waals surface area contributed by atoms with Gasteiger partial charge in [0.15, 0.2) is 0 Å². The summed E-state index contributed by atoms with van der Waals surface area (Å²) in [4.78, 5) is 13.6. The predicted octanol–water partition coefficient (Wildman–Crippen LogP) is 0.518. The second-order valence-corrected chi connectivity index (χ2v) is 6.70. The second kappa shape index (κ2) is 10.2. The standard InChI is InChI=1S/C16H32N2O4/c1-12(19)10-18(11-13(2)20)9-7-6-8-14(17)15(21)22-16(3,4)5/h12-14,19-20H,1-2,6-11,17H2,3-5H3. The van der Waals surface area contributed by atoms with Crippen LogP contribution >= 0.6 is 0 Å². The molecular weight excluding hydrogens is 284 g/mol. The lowest BCUT2D eigenvalue weighted by Crippen LogP contribution is -2.38. The quantitative estimate of drug-likeness (QED) is 0.402. The summed E-state index contributed by atoms with van der Waals surface area (Å²) in [5.74, 6) is -0.384. The minimum absolute atomic E-state index is 0.380. The summed E-state index contributed by atoms with van der Waals surface area (Å²) >= 11 is 0. The molecule has 0 aliphatic heterocycles. The van der Waals surface area contributed by atoms with Crippen molar-refractivity contribution in [3.05, 3.63) is 13.8 Å². The van der Waals surface area contributed by atoms with Crippen LogP contribution in [0.1, 0.15) is 40.0 Å². The van der Waals surface area contributed by atoms with E-state index in [1.54, 1.807) is 0 Å². The number of aliphatic hydroxyl groups is 2. The van der Waals surface area contributed by atoms with E-state index in [2.05, 4.69) is 13.8 Å². The summed E-state index contributed by atoms with van der Waals surface area (Å²) in [7, 11) is 0. The molecule has 6 heteroatoms. The maximum absolute atomic E-state index is 11.7. The Morgan fingerprint density at radius 3 is 2.09 bits per heavy atom. The number of carbonyl (C=O) groups excluding carboxylic acids is 1. The summed E-state index contributed by atoms with van der Waals surface area (Å²) in [6.45, 7) is 13.9. The van der Waals surface area contributed by atoms with E-state index in [4.69, 9.17) is 10.5 Å². The van der Waals surface area contributed by atoms with E-state index in [9.17, 15) is 15.0 Å². The molecule has 0 amide bonds. The van der Waals surface area contributed by atoms with Gasteiger partial charge in [-0.3, -0.25) is 9.69 Å². The molecule has 0 aromatic carbocycles. The van der Waals surface area contributed by atoms with Gasteiger partial charge >= 0.3 is 5.97 Å². The molecule has 4 N–H and O–H groups in total. The van der Waals surface area contributed by atoms with Crippen LogP contribution in [0.4, 0.5) is 0 Å². The van der Waals surface area contributed by atoms with E-state index in [0.29, 0.717) is 26.1 Å². The Hall–Kier alpha value is -0.690. The van der Waals surface area contributed by atoms with Crippen molar-refractivity contribution in [3.8, 4) is 0 Å². The number of ether oxygens (including phenoxy) is 1. The number of rotatable bonds is 10. The van der Waals surface area contributed by atoms with Gasteiger partial charge < -0.3 is 20.7 Å². The molecule has 6 nitrogen and oxygen atoms in total. The molecule has 0 aliphatic rings. The first-order chi connectivity index (χ1) is 10.0. The molecular formula is C16H32N2O4. The van der Waals surface area contributed by atoms with Gasteiger partial charge in [0.2, 0.25) is 0 Å². The Balaban J connectivity index is 4.03. The Labute approximate surface area is 134 Å². The predicted molar refractivity (Wildman–Crippen MR) is 86.8 cm³/mol. The Morgan fingerprint density at radius 1 is 1.18 bits per heavy atom. The first-order valence-corrected chi connectivity index (χ1v) is 7.74. The van der Waals surface area contributed by atoms with E-state index in [-0.39, 0.29) is 5.97 Å². The minimum Gasteiger partial charge on any atom is -0.459 e. The molecule has 130 valence electrons. The van der Waals surface area contributed by atoms with Gasteiger partial charge in [0, 0.05) is 13.1 Å². The summed E-state index contributed by atoms with van der Waals surface area (Å²) < 4.78 is 5.23. The average Bonchev–Trinajstić information content (AvgIpc) is 2.30. The summed E-state index contributed by atoms with van der Waals surface area (Å²) in [5.41, 5.74) is 5.29. The van der Waals surface area contributed by atoms with Crippen molar-refractivity contribution in [1.29, 1.82) is 0 Å². The van der Waals surface area contributed by atoms with Crippen LogP contribution in [0.3, 0.4) is 0 Å². The lowest BCUT2D eigenvalue weighted by atomic mass is 10.1. The van der Waals surface area contributed by atoms with Crippen LogP contribution in [0.25, 0.3) is 0 Å². The Bertz CT molecular complexity index is 304. The van der Waals surface area contributed by atoms with Crippen LogP contribution in [0.2, 0.25) is 0 Å². The maximum Gasteiger partial charge on any atom is 0.323 e. The third-order valence-electron chi connectivity index (χ3n) is 2.89. The smallest absolute Gasteiger partial charge is 0.323 e. The first kappa shape index (κ1) is 21.3. The zero-order chi connectivity index (χ0) is 17.3. The van der Waals surface area contributed by atoms with Crippen molar-refractivity contribution in [3.63, 3.8) is 0 Å². The highest BCUT2D eigenvalue weighted by atomic mass is 16.6. The molecule has 0 aliphatic carbocycles. The van der Waals surface area contributed by atoms with Crippen molar-refractivity contribution >= 4 is 5.97 Å². The molecule has 0 spiro atoms. The Kier molecular flexibility index (Phi) is 9.84. The van der Waals surface area contributed by atoms with Gasteiger partial charge in [-0.25, -0.2) is 0 Å². The molecule has 0 rings (SSSR count). The fraction of sp³-hybridized carbons (Fsp3) is 0.812.